The topological polar surface area (TPSA) is 0 Å². The van der Waals surface area contributed by atoms with Crippen LogP contribution in [-0.4, -0.2) is 0 Å². The maximum Gasteiger partial charge on any atom is -0.00741 e. The minimum absolute atomic E-state index is 0.792. The average Bonchev–Trinajstić information content (AvgIpc) is 2.93. The van der Waals surface area contributed by atoms with Gasteiger partial charge in [0.15, 0.2) is 0 Å². The zero-order valence-electron chi connectivity index (χ0n) is 18.6. The molecule has 1 aliphatic carbocycles. The fourth-order valence-electron chi connectivity index (χ4n) is 4.02. The Morgan fingerprint density at radius 2 is 1.79 bits per heavy atom. The van der Waals surface area contributed by atoms with Crippen molar-refractivity contribution >= 4 is 11.6 Å². The molecule has 0 bridgehead atoms. The van der Waals surface area contributed by atoms with Gasteiger partial charge >= 0.3 is 0 Å². The molecule has 0 heterocycles. The third kappa shape index (κ3) is 5.70. The van der Waals surface area contributed by atoms with E-state index in [1.165, 1.54) is 45.4 Å². The molecule has 0 radical (unpaired) electrons. The van der Waals surface area contributed by atoms with E-state index in [0.717, 1.165) is 37.7 Å². The van der Waals surface area contributed by atoms with Crippen molar-refractivity contribution in [2.45, 2.75) is 59.3 Å². The number of hydrogen-bond acceptors (Lipinski definition) is 0. The first-order valence-corrected chi connectivity index (χ1v) is 10.8. The molecule has 152 valence electrons. The molecule has 0 aliphatic heterocycles. The first-order chi connectivity index (χ1) is 14.1. The van der Waals surface area contributed by atoms with Crippen molar-refractivity contribution in [1.29, 1.82) is 0 Å². The largest absolute Gasteiger partial charge is 0.103 e. The molecule has 1 aromatic rings. The summed E-state index contributed by atoms with van der Waals surface area (Å²) in [7, 11) is 0. The molecule has 0 atom stereocenters. The highest BCUT2D eigenvalue weighted by Crippen LogP contribution is 2.38. The third-order valence-corrected chi connectivity index (χ3v) is 5.53. The fraction of sp³-hybridized carbons (Fsp3) is 0.310. The Hall–Kier alpha value is -2.60. The molecule has 29 heavy (non-hydrogen) atoms. The summed E-state index contributed by atoms with van der Waals surface area (Å²) in [5, 5.41) is 0. The van der Waals surface area contributed by atoms with Crippen LogP contribution in [0.25, 0.3) is 11.6 Å². The second-order valence-corrected chi connectivity index (χ2v) is 7.65. The van der Waals surface area contributed by atoms with Gasteiger partial charge in [0.1, 0.15) is 0 Å². The molecule has 0 amide bonds. The van der Waals surface area contributed by atoms with Gasteiger partial charge < -0.3 is 0 Å². The summed E-state index contributed by atoms with van der Waals surface area (Å²) < 4.78 is 0. The summed E-state index contributed by atoms with van der Waals surface area (Å²) in [5.74, 6) is 0. The molecule has 0 unspecified atom stereocenters. The predicted octanol–water partition coefficient (Wildman–Crippen LogP) is 8.80. The Labute approximate surface area is 178 Å². The van der Waals surface area contributed by atoms with Gasteiger partial charge in [-0.15, -0.1) is 13.2 Å². The average molecular weight is 385 g/mol. The number of allylic oxidation sites excluding steroid dienone is 10. The molecule has 1 aliphatic rings. The molecule has 0 saturated carbocycles. The van der Waals surface area contributed by atoms with Gasteiger partial charge in [0.25, 0.3) is 0 Å². The SMILES string of the molecule is C=CCC(=C)/C(CC=C)=C(\C1=CCCCC=C1C)c1ccc(/C=C\C)c(CC)c1. The summed E-state index contributed by atoms with van der Waals surface area (Å²) >= 11 is 0. The van der Waals surface area contributed by atoms with Crippen molar-refractivity contribution in [3.63, 3.8) is 0 Å². The maximum absolute atomic E-state index is 4.41. The fourth-order valence-corrected chi connectivity index (χ4v) is 4.02. The van der Waals surface area contributed by atoms with Crippen LogP contribution in [0.5, 0.6) is 0 Å². The highest BCUT2D eigenvalue weighted by molar-refractivity contribution is 5.88. The van der Waals surface area contributed by atoms with Crippen LogP contribution < -0.4 is 0 Å². The Kier molecular flexibility index (Phi) is 8.93. The minimum Gasteiger partial charge on any atom is -0.103 e. The monoisotopic (exact) mass is 384 g/mol. The van der Waals surface area contributed by atoms with Crippen LogP contribution >= 0.6 is 0 Å². The molecule has 0 saturated heterocycles. The van der Waals surface area contributed by atoms with Gasteiger partial charge in [0.05, 0.1) is 0 Å². The van der Waals surface area contributed by atoms with Crippen molar-refractivity contribution in [1.82, 2.24) is 0 Å². The van der Waals surface area contributed by atoms with Gasteiger partial charge in [-0.05, 0) is 96.9 Å². The Morgan fingerprint density at radius 1 is 1.07 bits per heavy atom. The van der Waals surface area contributed by atoms with E-state index in [1.807, 2.05) is 12.2 Å². The molecule has 1 aromatic carbocycles. The Morgan fingerprint density at radius 3 is 2.45 bits per heavy atom. The van der Waals surface area contributed by atoms with Crippen molar-refractivity contribution in [3.05, 3.63) is 107 Å². The smallest absolute Gasteiger partial charge is 0.00741 e. The predicted molar refractivity (Wildman–Crippen MR) is 132 cm³/mol. The molecule has 0 fully saturated rings. The number of benzene rings is 1. The summed E-state index contributed by atoms with van der Waals surface area (Å²) in [4.78, 5) is 0. The lowest BCUT2D eigenvalue weighted by Gasteiger charge is -2.21. The van der Waals surface area contributed by atoms with Crippen LogP contribution in [0.1, 0.15) is 69.6 Å². The van der Waals surface area contributed by atoms with E-state index in [1.54, 1.807) is 0 Å². The van der Waals surface area contributed by atoms with E-state index >= 15 is 0 Å². The summed E-state index contributed by atoms with van der Waals surface area (Å²) in [6.07, 6.45) is 19.1. The van der Waals surface area contributed by atoms with Crippen LogP contribution in [0.3, 0.4) is 0 Å². The number of hydrogen-bond donors (Lipinski definition) is 0. The molecule has 2 rings (SSSR count). The van der Waals surface area contributed by atoms with E-state index in [0.29, 0.717) is 0 Å². The Balaban J connectivity index is 2.81. The highest BCUT2D eigenvalue weighted by Gasteiger charge is 2.18. The van der Waals surface area contributed by atoms with E-state index in [4.69, 9.17) is 0 Å². The third-order valence-electron chi connectivity index (χ3n) is 5.53. The van der Waals surface area contributed by atoms with Gasteiger partial charge in [-0.25, -0.2) is 0 Å². The van der Waals surface area contributed by atoms with Crippen molar-refractivity contribution in [3.8, 4) is 0 Å². The van der Waals surface area contributed by atoms with E-state index in [-0.39, 0.29) is 0 Å². The van der Waals surface area contributed by atoms with E-state index < -0.39 is 0 Å². The molecular formula is C29H36. The van der Waals surface area contributed by atoms with Crippen molar-refractivity contribution < 1.29 is 0 Å². The normalized spacial score (nSPS) is 15.3. The molecule has 0 nitrogen and oxygen atoms in total. The Bertz CT molecular complexity index is 881. The van der Waals surface area contributed by atoms with E-state index in [9.17, 15) is 0 Å². The van der Waals surface area contributed by atoms with Gasteiger partial charge in [-0.2, -0.15) is 0 Å². The van der Waals surface area contributed by atoms with E-state index in [2.05, 4.69) is 83.0 Å². The first-order valence-electron chi connectivity index (χ1n) is 10.8. The van der Waals surface area contributed by atoms with Crippen LogP contribution in [0.2, 0.25) is 0 Å². The van der Waals surface area contributed by atoms with Crippen LogP contribution in [0.4, 0.5) is 0 Å². The van der Waals surface area contributed by atoms with Gasteiger partial charge in [0.2, 0.25) is 0 Å². The van der Waals surface area contributed by atoms with Crippen LogP contribution in [-0.2, 0) is 6.42 Å². The van der Waals surface area contributed by atoms with Gasteiger partial charge in [-0.3, -0.25) is 0 Å². The van der Waals surface area contributed by atoms with Crippen molar-refractivity contribution in [2.24, 2.45) is 0 Å². The summed E-state index contributed by atoms with van der Waals surface area (Å²) in [6.45, 7) is 18.9. The second kappa shape index (κ2) is 11.4. The number of rotatable bonds is 9. The molecule has 0 N–H and O–H groups in total. The van der Waals surface area contributed by atoms with Gasteiger partial charge in [-0.1, -0.05) is 68.2 Å². The maximum atomic E-state index is 4.41. The molecule has 0 spiro atoms. The van der Waals surface area contributed by atoms with Gasteiger partial charge in [0, 0.05) is 0 Å². The molecule has 0 heteroatoms. The lowest BCUT2D eigenvalue weighted by molar-refractivity contribution is 0.874. The minimum atomic E-state index is 0.792. The van der Waals surface area contributed by atoms with Crippen molar-refractivity contribution in [2.75, 3.05) is 0 Å². The zero-order valence-corrected chi connectivity index (χ0v) is 18.6. The molecule has 0 aromatic heterocycles. The summed E-state index contributed by atoms with van der Waals surface area (Å²) in [5.41, 5.74) is 10.4. The lowest BCUT2D eigenvalue weighted by atomic mass is 9.83. The second-order valence-electron chi connectivity index (χ2n) is 7.65. The van der Waals surface area contributed by atoms with Crippen LogP contribution in [0, 0.1) is 0 Å². The zero-order chi connectivity index (χ0) is 21.2. The lowest BCUT2D eigenvalue weighted by Crippen LogP contribution is -2.01. The standard InChI is InChI=1S/C29H36/c1-7-14-22(5)27(16-9-3)29(28-18-13-11-12-17-23(28)6)26-20-19-25(15-8-2)24(10-4)21-26/h7-9,15,17-21H,1,3,5,10-14,16H2,2,4,6H3/b15-8-,29-27-. The molecular weight excluding hydrogens is 348 g/mol. The summed E-state index contributed by atoms with van der Waals surface area (Å²) in [6, 6.07) is 6.90. The first kappa shape index (κ1) is 22.7. The van der Waals surface area contributed by atoms with Crippen LogP contribution in [0.15, 0.2) is 90.6 Å². The highest BCUT2D eigenvalue weighted by atomic mass is 14.2. The quantitative estimate of drug-likeness (QED) is 0.295. The number of aryl methyl sites for hydroxylation is 1.